The van der Waals surface area contributed by atoms with Crippen molar-refractivity contribution in [1.29, 1.82) is 0 Å². The van der Waals surface area contributed by atoms with E-state index in [1.165, 1.54) is 20.5 Å². The van der Waals surface area contributed by atoms with Crippen molar-refractivity contribution in [2.45, 2.75) is 31.3 Å². The van der Waals surface area contributed by atoms with E-state index in [0.29, 0.717) is 12.8 Å². The van der Waals surface area contributed by atoms with Gasteiger partial charge in [-0.15, -0.1) is 0 Å². The highest BCUT2D eigenvalue weighted by Crippen LogP contribution is 2.34. The predicted molar refractivity (Wildman–Crippen MR) is 74.7 cm³/mol. The number of ether oxygens (including phenoxy) is 1. The van der Waals surface area contributed by atoms with Crippen molar-refractivity contribution < 1.29 is 28.4 Å². The van der Waals surface area contributed by atoms with E-state index in [1.807, 2.05) is 0 Å². The van der Waals surface area contributed by atoms with Crippen molar-refractivity contribution in [3.63, 3.8) is 0 Å². The molecule has 1 N–H and O–H groups in total. The van der Waals surface area contributed by atoms with Gasteiger partial charge in [0.05, 0.1) is 20.5 Å². The first-order valence-electron chi connectivity index (χ1n) is 6.85. The van der Waals surface area contributed by atoms with Gasteiger partial charge in [0.25, 0.3) is 5.91 Å². The zero-order valence-corrected chi connectivity index (χ0v) is 12.5. The first-order chi connectivity index (χ1) is 10.6. The molecule has 0 aromatic carbocycles. The van der Waals surface area contributed by atoms with E-state index in [-0.39, 0.29) is 11.5 Å². The minimum absolute atomic E-state index is 0.135. The van der Waals surface area contributed by atoms with Crippen molar-refractivity contribution >= 4 is 17.6 Å². The molecule has 0 radical (unpaired) electrons. The van der Waals surface area contributed by atoms with Gasteiger partial charge >= 0.3 is 5.97 Å². The molecule has 8 nitrogen and oxygen atoms in total. The number of hydrogen-bond donors (Lipinski definition) is 1. The molecule has 0 unspecified atom stereocenters. The number of nitrogens with one attached hydrogen (secondary N) is 1. The Morgan fingerprint density at radius 3 is 2.59 bits per heavy atom. The lowest BCUT2D eigenvalue weighted by molar-refractivity contribution is -0.158. The Balaban J connectivity index is 2.24. The molecule has 0 bridgehead atoms. The average Bonchev–Trinajstić information content (AvgIpc) is 3.19. The number of oxime groups is 1. The highest BCUT2D eigenvalue weighted by molar-refractivity contribution is 6.42. The van der Waals surface area contributed by atoms with E-state index < -0.39 is 17.5 Å². The molecule has 0 spiro atoms. The fourth-order valence-corrected chi connectivity index (χ4v) is 2.32. The monoisotopic (exact) mass is 310 g/mol. The lowest BCUT2D eigenvalue weighted by Crippen LogP contribution is -2.46. The second-order valence-corrected chi connectivity index (χ2v) is 4.84. The fourth-order valence-electron chi connectivity index (χ4n) is 2.32. The molecule has 1 aromatic heterocycles. The number of rotatable bonds is 6. The van der Waals surface area contributed by atoms with E-state index in [4.69, 9.17) is 9.25 Å². The smallest absolute Gasteiger partial charge is 0.364 e. The number of amides is 1. The Kier molecular flexibility index (Phi) is 5.16. The number of carbonyl (C=O) groups is 2. The quantitative estimate of drug-likeness (QED) is 0.481. The molecule has 0 saturated heterocycles. The van der Waals surface area contributed by atoms with Crippen LogP contribution in [0.15, 0.2) is 28.0 Å². The highest BCUT2D eigenvalue weighted by atomic mass is 16.7. The average molecular weight is 310 g/mol. The highest BCUT2D eigenvalue weighted by Gasteiger charge is 2.45. The van der Waals surface area contributed by atoms with E-state index >= 15 is 0 Å². The van der Waals surface area contributed by atoms with Gasteiger partial charge in [0.15, 0.2) is 5.76 Å². The van der Waals surface area contributed by atoms with Crippen LogP contribution in [0.3, 0.4) is 0 Å². The van der Waals surface area contributed by atoms with Crippen LogP contribution in [-0.4, -0.2) is 37.4 Å². The summed E-state index contributed by atoms with van der Waals surface area (Å²) in [5.74, 6) is -0.942. The number of hydrogen-bond acceptors (Lipinski definition) is 7. The van der Waals surface area contributed by atoms with Crippen molar-refractivity contribution in [3.05, 3.63) is 24.2 Å². The molecule has 1 aliphatic carbocycles. The minimum atomic E-state index is -1.15. The van der Waals surface area contributed by atoms with Crippen LogP contribution in [-0.2, 0) is 24.0 Å². The molecule has 1 amide bonds. The largest absolute Gasteiger partial charge is 0.464 e. The van der Waals surface area contributed by atoms with Gasteiger partial charge in [0, 0.05) is 0 Å². The third-order valence-electron chi connectivity index (χ3n) is 3.46. The molecule has 1 aromatic rings. The Morgan fingerprint density at radius 2 is 2.05 bits per heavy atom. The normalized spacial score (nSPS) is 17.1. The maximum absolute atomic E-state index is 12.1. The number of nitrogens with zero attached hydrogens (tertiary/aromatic N) is 1. The van der Waals surface area contributed by atoms with E-state index in [0.717, 1.165) is 12.8 Å². The summed E-state index contributed by atoms with van der Waals surface area (Å²) in [7, 11) is 2.57. The molecule has 1 saturated carbocycles. The van der Waals surface area contributed by atoms with Crippen LogP contribution in [0, 0.1) is 0 Å². The predicted octanol–water partition coefficient (Wildman–Crippen LogP) is 1.16. The summed E-state index contributed by atoms with van der Waals surface area (Å²) in [5.41, 5.74) is 0.971. The van der Waals surface area contributed by atoms with E-state index in [9.17, 15) is 9.59 Å². The van der Waals surface area contributed by atoms with Crippen LogP contribution in [0.25, 0.3) is 0 Å². The molecule has 22 heavy (non-hydrogen) atoms. The Morgan fingerprint density at radius 1 is 1.32 bits per heavy atom. The van der Waals surface area contributed by atoms with Crippen LogP contribution in [0.5, 0.6) is 0 Å². The topological polar surface area (TPSA) is 99.4 Å². The van der Waals surface area contributed by atoms with Crippen molar-refractivity contribution in [2.75, 3.05) is 14.2 Å². The number of esters is 1. The van der Waals surface area contributed by atoms with Crippen molar-refractivity contribution in [3.8, 4) is 0 Å². The summed E-state index contributed by atoms with van der Waals surface area (Å²) in [4.78, 5) is 34.0. The molecule has 2 rings (SSSR count). The van der Waals surface area contributed by atoms with Gasteiger partial charge in [-0.1, -0.05) is 5.16 Å². The van der Waals surface area contributed by atoms with E-state index in [2.05, 4.69) is 20.2 Å². The molecule has 1 fully saturated rings. The number of methoxy groups -OCH3 is 1. The van der Waals surface area contributed by atoms with Crippen LogP contribution in [0.4, 0.5) is 0 Å². The van der Waals surface area contributed by atoms with E-state index in [1.54, 1.807) is 12.1 Å². The van der Waals surface area contributed by atoms with Crippen molar-refractivity contribution in [2.24, 2.45) is 5.16 Å². The first kappa shape index (κ1) is 16.0. The van der Waals surface area contributed by atoms with Crippen molar-refractivity contribution in [1.82, 2.24) is 5.48 Å². The third-order valence-corrected chi connectivity index (χ3v) is 3.46. The molecular weight excluding hydrogens is 292 g/mol. The van der Waals surface area contributed by atoms with Gasteiger partial charge < -0.3 is 14.0 Å². The number of carbonyl (C=O) groups excluding carboxylic acids is 2. The summed E-state index contributed by atoms with van der Waals surface area (Å²) in [6, 6.07) is 3.16. The van der Waals surface area contributed by atoms with Crippen LogP contribution >= 0.6 is 0 Å². The Labute approximate surface area is 127 Å². The summed E-state index contributed by atoms with van der Waals surface area (Å²) < 4.78 is 9.80. The molecular formula is C14H18N2O6. The van der Waals surface area contributed by atoms with Gasteiger partial charge in [-0.2, -0.15) is 0 Å². The molecule has 8 heteroatoms. The molecule has 120 valence electrons. The van der Waals surface area contributed by atoms with Gasteiger partial charge in [-0.05, 0) is 37.8 Å². The lowest BCUT2D eigenvalue weighted by atomic mass is 10.0. The maximum Gasteiger partial charge on any atom is 0.364 e. The zero-order valence-electron chi connectivity index (χ0n) is 12.5. The fraction of sp³-hybridized carbons (Fsp3) is 0.500. The summed E-state index contributed by atoms with van der Waals surface area (Å²) in [6.07, 6.45) is 4.01. The van der Waals surface area contributed by atoms with Gasteiger partial charge in [-0.3, -0.25) is 9.63 Å². The molecule has 1 heterocycles. The second kappa shape index (κ2) is 7.08. The van der Waals surface area contributed by atoms with Crippen LogP contribution < -0.4 is 5.48 Å². The maximum atomic E-state index is 12.1. The Hall–Kier alpha value is -2.35. The van der Waals surface area contributed by atoms with Gasteiger partial charge in [-0.25, -0.2) is 10.3 Å². The molecule has 1 aliphatic rings. The minimum Gasteiger partial charge on any atom is -0.464 e. The van der Waals surface area contributed by atoms with Crippen LogP contribution in [0.2, 0.25) is 0 Å². The summed E-state index contributed by atoms with van der Waals surface area (Å²) in [5, 5.41) is 3.83. The molecule has 0 aliphatic heterocycles. The SMILES string of the molecule is CONC(=O)C1(O/N=C(/C(=O)OC)c2ccco2)CCCC1. The van der Waals surface area contributed by atoms with Crippen LogP contribution in [0.1, 0.15) is 31.4 Å². The molecule has 0 atom stereocenters. The lowest BCUT2D eigenvalue weighted by Gasteiger charge is -2.24. The van der Waals surface area contributed by atoms with Gasteiger partial charge in [0.2, 0.25) is 11.3 Å². The second-order valence-electron chi connectivity index (χ2n) is 4.84. The summed E-state index contributed by atoms with van der Waals surface area (Å²) in [6.45, 7) is 0. The first-order valence-corrected chi connectivity index (χ1v) is 6.85. The standard InChI is InChI=1S/C14H18N2O6/c1-19-12(17)11(10-6-5-9-21-10)15-22-14(7-3-4-8-14)13(18)16-20-2/h5-6,9H,3-4,7-8H2,1-2H3,(H,16,18)/b15-11+. The number of hydroxylamine groups is 1. The summed E-state index contributed by atoms with van der Waals surface area (Å²) >= 11 is 0. The zero-order chi connectivity index (χ0) is 16.0. The Bertz CT molecular complexity index is 546. The van der Waals surface area contributed by atoms with Gasteiger partial charge in [0.1, 0.15) is 0 Å². The number of furan rings is 1. The third kappa shape index (κ3) is 3.28.